The highest BCUT2D eigenvalue weighted by atomic mass is 32.2. The lowest BCUT2D eigenvalue weighted by molar-refractivity contribution is -0.141. The van der Waals surface area contributed by atoms with Crippen LogP contribution in [0.4, 0.5) is 0 Å². The molecule has 3 aromatic rings. The molecule has 0 spiro atoms. The van der Waals surface area contributed by atoms with Crippen molar-refractivity contribution in [1.29, 1.82) is 0 Å². The quantitative estimate of drug-likeness (QED) is 0.557. The van der Waals surface area contributed by atoms with Crippen molar-refractivity contribution in [2.24, 2.45) is 0 Å². The van der Waals surface area contributed by atoms with Crippen LogP contribution in [0.3, 0.4) is 0 Å². The molecule has 0 unspecified atom stereocenters. The van der Waals surface area contributed by atoms with Crippen LogP contribution in [-0.2, 0) is 16.1 Å². The smallest absolute Gasteiger partial charge is 0.325 e. The molecule has 1 heterocycles. The van der Waals surface area contributed by atoms with Crippen molar-refractivity contribution in [2.45, 2.75) is 30.2 Å². The van der Waals surface area contributed by atoms with Crippen LogP contribution >= 0.6 is 11.8 Å². The van der Waals surface area contributed by atoms with Gasteiger partial charge < -0.3 is 18.8 Å². The van der Waals surface area contributed by atoms with Crippen molar-refractivity contribution in [3.63, 3.8) is 0 Å². The molecule has 0 saturated heterocycles. The van der Waals surface area contributed by atoms with Crippen LogP contribution in [0.5, 0.6) is 11.5 Å². The summed E-state index contributed by atoms with van der Waals surface area (Å²) in [5, 5.41) is 1.06. The van der Waals surface area contributed by atoms with Crippen LogP contribution in [0.2, 0.25) is 0 Å². The molecule has 0 atom stereocenters. The lowest BCUT2D eigenvalue weighted by Crippen LogP contribution is -2.10. The topological polar surface area (TPSA) is 49.7 Å². The van der Waals surface area contributed by atoms with Crippen molar-refractivity contribution >= 4 is 28.6 Å². The number of aromatic nitrogens is 1. The van der Waals surface area contributed by atoms with E-state index in [4.69, 9.17) is 14.2 Å². The summed E-state index contributed by atoms with van der Waals surface area (Å²) in [6, 6.07) is 13.7. The van der Waals surface area contributed by atoms with E-state index in [1.807, 2.05) is 67.1 Å². The van der Waals surface area contributed by atoms with Crippen LogP contribution in [0.15, 0.2) is 58.5 Å². The molecule has 0 saturated carbocycles. The highest BCUT2D eigenvalue weighted by Gasteiger charge is 2.13. The zero-order valence-corrected chi connectivity index (χ0v) is 17.1. The Kier molecular flexibility index (Phi) is 7.61. The Labute approximate surface area is 164 Å². The monoisotopic (exact) mass is 387 g/mol. The molecule has 0 radical (unpaired) electrons. The van der Waals surface area contributed by atoms with Gasteiger partial charge in [0, 0.05) is 27.4 Å². The number of ether oxygens (including phenoxy) is 3. The summed E-state index contributed by atoms with van der Waals surface area (Å²) in [6.07, 6.45) is 1.97. The van der Waals surface area contributed by atoms with Gasteiger partial charge in [0.05, 0.1) is 26.8 Å². The molecule has 3 rings (SSSR count). The number of esters is 1. The second-order valence-electron chi connectivity index (χ2n) is 5.36. The molecule has 27 heavy (non-hydrogen) atoms. The standard InChI is InChI=1S/C19H19NO4S.C2H6/c1-22-13-4-7-15(8-5-13)25-18-11-20(12-19(21)24-3)17-10-14(23-2)6-9-16(17)18;1-2/h4-11H,12H2,1-3H3;1-2H3. The van der Waals surface area contributed by atoms with Gasteiger partial charge in [-0.05, 0) is 36.4 Å². The third kappa shape index (κ3) is 4.98. The highest BCUT2D eigenvalue weighted by molar-refractivity contribution is 7.99. The first kappa shape index (κ1) is 20.7. The Morgan fingerprint density at radius 1 is 0.963 bits per heavy atom. The molecule has 0 aliphatic rings. The molecule has 1 aromatic heterocycles. The number of rotatable bonds is 6. The average molecular weight is 388 g/mol. The fraction of sp³-hybridized carbons (Fsp3) is 0.286. The summed E-state index contributed by atoms with van der Waals surface area (Å²) >= 11 is 1.64. The molecule has 5 nitrogen and oxygen atoms in total. The van der Waals surface area contributed by atoms with Gasteiger partial charge in [0.25, 0.3) is 0 Å². The summed E-state index contributed by atoms with van der Waals surface area (Å²) in [4.78, 5) is 13.9. The molecular formula is C21H25NO4S. The zero-order chi connectivity index (χ0) is 19.8. The third-order valence-electron chi connectivity index (χ3n) is 3.87. The lowest BCUT2D eigenvalue weighted by Gasteiger charge is -2.05. The van der Waals surface area contributed by atoms with Crippen LogP contribution < -0.4 is 9.47 Å². The Balaban J connectivity index is 0.00000126. The van der Waals surface area contributed by atoms with E-state index in [-0.39, 0.29) is 12.5 Å². The van der Waals surface area contributed by atoms with E-state index in [0.717, 1.165) is 32.2 Å². The zero-order valence-electron chi connectivity index (χ0n) is 16.3. The molecule has 0 fully saturated rings. The normalized spacial score (nSPS) is 10.1. The predicted octanol–water partition coefficient (Wildman–Crippen LogP) is 5.01. The summed E-state index contributed by atoms with van der Waals surface area (Å²) in [7, 11) is 4.67. The first-order valence-corrected chi connectivity index (χ1v) is 9.52. The highest BCUT2D eigenvalue weighted by Crippen LogP contribution is 2.37. The number of benzene rings is 2. The maximum atomic E-state index is 11.7. The fourth-order valence-electron chi connectivity index (χ4n) is 2.55. The van der Waals surface area contributed by atoms with Crippen molar-refractivity contribution in [3.8, 4) is 11.5 Å². The molecule has 0 aliphatic carbocycles. The Morgan fingerprint density at radius 3 is 2.19 bits per heavy atom. The molecule has 144 valence electrons. The molecule has 6 heteroatoms. The van der Waals surface area contributed by atoms with Crippen LogP contribution in [0.25, 0.3) is 10.9 Å². The maximum Gasteiger partial charge on any atom is 0.325 e. The number of carbonyl (C=O) groups excluding carboxylic acids is 1. The first-order chi connectivity index (χ1) is 13.1. The second kappa shape index (κ2) is 9.92. The molecule has 0 amide bonds. The second-order valence-corrected chi connectivity index (χ2v) is 6.47. The molecule has 0 bridgehead atoms. The van der Waals surface area contributed by atoms with E-state index in [2.05, 4.69) is 0 Å². The van der Waals surface area contributed by atoms with Gasteiger partial charge in [-0.3, -0.25) is 4.79 Å². The SMILES string of the molecule is CC.COC(=O)Cn1cc(Sc2ccc(OC)cc2)c2ccc(OC)cc21. The largest absolute Gasteiger partial charge is 0.497 e. The van der Waals surface area contributed by atoms with Crippen molar-refractivity contribution < 1.29 is 19.0 Å². The maximum absolute atomic E-state index is 11.7. The lowest BCUT2D eigenvalue weighted by atomic mass is 10.2. The summed E-state index contributed by atoms with van der Waals surface area (Å²) in [5.74, 6) is 1.28. The van der Waals surface area contributed by atoms with E-state index in [1.54, 1.807) is 26.0 Å². The fourth-order valence-corrected chi connectivity index (χ4v) is 3.54. The van der Waals surface area contributed by atoms with Gasteiger partial charge >= 0.3 is 5.97 Å². The Bertz CT molecular complexity index is 887. The van der Waals surface area contributed by atoms with E-state index in [0.29, 0.717) is 0 Å². The van der Waals surface area contributed by atoms with Gasteiger partial charge in [-0.1, -0.05) is 25.6 Å². The van der Waals surface area contributed by atoms with Crippen LogP contribution in [0, 0.1) is 0 Å². The Hall–Kier alpha value is -2.60. The number of hydrogen-bond donors (Lipinski definition) is 0. The molecule has 0 N–H and O–H groups in total. The minimum atomic E-state index is -0.291. The number of fused-ring (bicyclic) bond motifs is 1. The number of hydrogen-bond acceptors (Lipinski definition) is 5. The molecule has 0 aliphatic heterocycles. The van der Waals surface area contributed by atoms with E-state index in [9.17, 15) is 4.79 Å². The van der Waals surface area contributed by atoms with Gasteiger partial charge in [-0.15, -0.1) is 0 Å². The number of carbonyl (C=O) groups is 1. The molecule has 2 aromatic carbocycles. The van der Waals surface area contributed by atoms with Gasteiger partial charge in [0.2, 0.25) is 0 Å². The Morgan fingerprint density at radius 2 is 1.59 bits per heavy atom. The summed E-state index contributed by atoms with van der Waals surface area (Å²) in [5.41, 5.74) is 0.931. The van der Waals surface area contributed by atoms with E-state index < -0.39 is 0 Å². The van der Waals surface area contributed by atoms with Crippen molar-refractivity contribution in [1.82, 2.24) is 4.57 Å². The summed E-state index contributed by atoms with van der Waals surface area (Å²) < 4.78 is 17.2. The van der Waals surface area contributed by atoms with Crippen LogP contribution in [-0.4, -0.2) is 31.9 Å². The molecular weight excluding hydrogens is 362 g/mol. The van der Waals surface area contributed by atoms with Gasteiger partial charge in [0.15, 0.2) is 0 Å². The van der Waals surface area contributed by atoms with Crippen molar-refractivity contribution in [2.75, 3.05) is 21.3 Å². The predicted molar refractivity (Wildman–Crippen MR) is 109 cm³/mol. The van der Waals surface area contributed by atoms with E-state index >= 15 is 0 Å². The minimum absolute atomic E-state index is 0.156. The first-order valence-electron chi connectivity index (χ1n) is 8.70. The number of nitrogens with zero attached hydrogens (tertiary/aromatic N) is 1. The van der Waals surface area contributed by atoms with Gasteiger partial charge in [0.1, 0.15) is 18.0 Å². The van der Waals surface area contributed by atoms with Gasteiger partial charge in [-0.25, -0.2) is 0 Å². The number of methoxy groups -OCH3 is 3. The minimum Gasteiger partial charge on any atom is -0.497 e. The van der Waals surface area contributed by atoms with E-state index in [1.165, 1.54) is 7.11 Å². The van der Waals surface area contributed by atoms with Gasteiger partial charge in [-0.2, -0.15) is 0 Å². The third-order valence-corrected chi connectivity index (χ3v) is 4.92. The average Bonchev–Trinajstić information content (AvgIpc) is 3.06. The summed E-state index contributed by atoms with van der Waals surface area (Å²) in [6.45, 7) is 4.16. The van der Waals surface area contributed by atoms with Crippen molar-refractivity contribution in [3.05, 3.63) is 48.7 Å². The van der Waals surface area contributed by atoms with Crippen LogP contribution in [0.1, 0.15) is 13.8 Å².